The minimum atomic E-state index is -3.16. The zero-order chi connectivity index (χ0) is 33.3. The summed E-state index contributed by atoms with van der Waals surface area (Å²) in [5.41, 5.74) is 1.93. The van der Waals surface area contributed by atoms with Gasteiger partial charge in [0, 0.05) is 49.2 Å². The number of rotatable bonds is 11. The third-order valence-corrected chi connectivity index (χ3v) is 14.5. The molecule has 262 valence electrons. The van der Waals surface area contributed by atoms with Crippen molar-refractivity contribution in [2.45, 2.75) is 85.8 Å². The molecule has 3 atom stereocenters. The molecule has 10 heteroatoms. The molecule has 0 spiro atoms. The number of likely N-dealkylation sites (tertiary alicyclic amines) is 2. The van der Waals surface area contributed by atoms with Crippen LogP contribution in [0.2, 0.25) is 0 Å². The SMILES string of the molecule is COC(=O)N[C@H]1CCC[C@@H]1C(CN1CCCCC1)(c1cccc(F)c1)C1CCN(CC2CN(c3ccc(S(=O)(=O)C4CC4)cc3)C2)CC1. The summed E-state index contributed by atoms with van der Waals surface area (Å²) in [6.45, 7) is 8.14. The summed E-state index contributed by atoms with van der Waals surface area (Å²) in [5, 5.41) is 3.03. The number of ether oxygens (including phenoxy) is 1. The topological polar surface area (TPSA) is 82.2 Å². The maximum Gasteiger partial charge on any atom is 0.407 e. The first-order chi connectivity index (χ1) is 23.3. The van der Waals surface area contributed by atoms with Crippen LogP contribution < -0.4 is 10.2 Å². The lowest BCUT2D eigenvalue weighted by Crippen LogP contribution is -2.59. The average molecular weight is 681 g/mol. The Hall–Kier alpha value is -2.69. The van der Waals surface area contributed by atoms with E-state index in [9.17, 15) is 13.2 Å². The Morgan fingerprint density at radius 2 is 1.62 bits per heavy atom. The number of nitrogens with zero attached hydrogens (tertiary/aromatic N) is 3. The molecule has 5 aliphatic rings. The number of sulfone groups is 1. The number of benzene rings is 2. The average Bonchev–Trinajstić information content (AvgIpc) is 3.86. The molecule has 8 nitrogen and oxygen atoms in total. The Labute approximate surface area is 286 Å². The van der Waals surface area contributed by atoms with Crippen molar-refractivity contribution >= 4 is 21.6 Å². The van der Waals surface area contributed by atoms with Gasteiger partial charge < -0.3 is 24.8 Å². The molecule has 1 unspecified atom stereocenters. The molecule has 2 aromatic carbocycles. The van der Waals surface area contributed by atoms with Crippen LogP contribution in [0.1, 0.15) is 69.8 Å². The summed E-state index contributed by atoms with van der Waals surface area (Å²) < 4.78 is 45.3. The van der Waals surface area contributed by atoms with Gasteiger partial charge in [0.15, 0.2) is 9.84 Å². The van der Waals surface area contributed by atoms with Gasteiger partial charge in [0.2, 0.25) is 0 Å². The van der Waals surface area contributed by atoms with Gasteiger partial charge in [-0.2, -0.15) is 0 Å². The summed E-state index contributed by atoms with van der Waals surface area (Å²) >= 11 is 0. The number of nitrogens with one attached hydrogen (secondary N) is 1. The van der Waals surface area contributed by atoms with E-state index >= 15 is 4.39 Å². The highest BCUT2D eigenvalue weighted by Crippen LogP contribution is 2.51. The zero-order valence-corrected chi connectivity index (χ0v) is 29.3. The van der Waals surface area contributed by atoms with E-state index in [4.69, 9.17) is 4.74 Å². The van der Waals surface area contributed by atoms with Gasteiger partial charge in [0.05, 0.1) is 17.3 Å². The normalized spacial score (nSPS) is 26.2. The van der Waals surface area contributed by atoms with Crippen molar-refractivity contribution in [1.82, 2.24) is 15.1 Å². The fraction of sp³-hybridized carbons (Fsp3) is 0.658. The predicted octanol–water partition coefficient (Wildman–Crippen LogP) is 5.86. The fourth-order valence-corrected chi connectivity index (χ4v) is 11.3. The van der Waals surface area contributed by atoms with Crippen molar-refractivity contribution in [3.05, 3.63) is 59.9 Å². The van der Waals surface area contributed by atoms with E-state index in [0.717, 1.165) is 109 Å². The largest absolute Gasteiger partial charge is 0.453 e. The molecule has 0 bridgehead atoms. The second-order valence-corrected chi connectivity index (χ2v) is 17.5. The van der Waals surface area contributed by atoms with Crippen LogP contribution in [-0.2, 0) is 20.0 Å². The number of piperidine rings is 2. The molecule has 2 aliphatic carbocycles. The maximum atomic E-state index is 15.1. The van der Waals surface area contributed by atoms with Crippen LogP contribution in [-0.4, -0.2) is 95.1 Å². The van der Waals surface area contributed by atoms with Crippen molar-refractivity contribution in [1.29, 1.82) is 0 Å². The zero-order valence-electron chi connectivity index (χ0n) is 28.5. The second kappa shape index (κ2) is 14.3. The number of amides is 1. The minimum Gasteiger partial charge on any atom is -0.453 e. The Balaban J connectivity index is 1.04. The van der Waals surface area contributed by atoms with E-state index < -0.39 is 9.84 Å². The van der Waals surface area contributed by atoms with Gasteiger partial charge >= 0.3 is 6.09 Å². The Morgan fingerprint density at radius 1 is 0.896 bits per heavy atom. The van der Waals surface area contributed by atoms with Crippen LogP contribution in [0, 0.1) is 23.6 Å². The van der Waals surface area contributed by atoms with Crippen molar-refractivity contribution in [2.75, 3.05) is 64.4 Å². The van der Waals surface area contributed by atoms with Gasteiger partial charge in [0.1, 0.15) is 5.82 Å². The smallest absolute Gasteiger partial charge is 0.407 e. The van der Waals surface area contributed by atoms with E-state index in [1.165, 1.54) is 26.4 Å². The number of anilines is 1. The number of alkyl carbamates (subject to hydrolysis) is 1. The van der Waals surface area contributed by atoms with Gasteiger partial charge in [-0.3, -0.25) is 0 Å². The Kier molecular flexibility index (Phi) is 10.0. The Morgan fingerprint density at radius 3 is 2.29 bits per heavy atom. The highest BCUT2D eigenvalue weighted by molar-refractivity contribution is 7.92. The van der Waals surface area contributed by atoms with Crippen molar-refractivity contribution in [2.24, 2.45) is 17.8 Å². The van der Waals surface area contributed by atoms with Crippen LogP contribution in [0.4, 0.5) is 14.9 Å². The molecule has 3 saturated heterocycles. The summed E-state index contributed by atoms with van der Waals surface area (Å²) in [4.78, 5) is 20.6. The van der Waals surface area contributed by atoms with Gasteiger partial charge in [0.25, 0.3) is 0 Å². The fourth-order valence-electron chi connectivity index (χ4n) is 9.62. The number of hydrogen-bond acceptors (Lipinski definition) is 7. The van der Waals surface area contributed by atoms with Gasteiger partial charge in [-0.05, 0) is 131 Å². The lowest BCUT2D eigenvalue weighted by molar-refractivity contribution is 0.0338. The molecular weight excluding hydrogens is 628 g/mol. The molecular formula is C38H53FN4O4S. The van der Waals surface area contributed by atoms with Crippen molar-refractivity contribution in [3.8, 4) is 0 Å². The Bertz CT molecular complexity index is 1520. The number of carbonyl (C=O) groups is 1. The number of methoxy groups -OCH3 is 1. The lowest BCUT2D eigenvalue weighted by atomic mass is 9.58. The molecule has 0 aromatic heterocycles. The van der Waals surface area contributed by atoms with Gasteiger partial charge in [-0.25, -0.2) is 17.6 Å². The quantitative estimate of drug-likeness (QED) is 0.319. The van der Waals surface area contributed by atoms with E-state index in [2.05, 4.69) is 26.1 Å². The molecule has 7 rings (SSSR count). The highest BCUT2D eigenvalue weighted by Gasteiger charge is 2.53. The molecule has 2 saturated carbocycles. The van der Waals surface area contributed by atoms with Gasteiger partial charge in [-0.15, -0.1) is 0 Å². The first-order valence-electron chi connectivity index (χ1n) is 18.4. The molecule has 3 aliphatic heterocycles. The van der Waals surface area contributed by atoms with E-state index in [-0.39, 0.29) is 34.5 Å². The molecule has 5 fully saturated rings. The predicted molar refractivity (Wildman–Crippen MR) is 187 cm³/mol. The number of halogens is 1. The summed E-state index contributed by atoms with van der Waals surface area (Å²) in [7, 11) is -1.72. The molecule has 48 heavy (non-hydrogen) atoms. The lowest BCUT2D eigenvalue weighted by Gasteiger charge is -2.53. The van der Waals surface area contributed by atoms with Crippen LogP contribution in [0.15, 0.2) is 53.4 Å². The molecule has 0 radical (unpaired) electrons. The first kappa shape index (κ1) is 33.8. The van der Waals surface area contributed by atoms with Crippen LogP contribution >= 0.6 is 0 Å². The number of hydrogen-bond donors (Lipinski definition) is 1. The van der Waals surface area contributed by atoms with Crippen LogP contribution in [0.5, 0.6) is 0 Å². The van der Waals surface area contributed by atoms with Crippen molar-refractivity contribution in [3.63, 3.8) is 0 Å². The summed E-state index contributed by atoms with van der Waals surface area (Å²) in [5.74, 6) is 0.993. The van der Waals surface area contributed by atoms with Crippen LogP contribution in [0.25, 0.3) is 0 Å². The minimum absolute atomic E-state index is 0.00683. The highest BCUT2D eigenvalue weighted by atomic mass is 32.2. The van der Waals surface area contributed by atoms with Crippen molar-refractivity contribution < 1.29 is 22.3 Å². The van der Waals surface area contributed by atoms with E-state index in [1.807, 2.05) is 18.2 Å². The first-order valence-corrected chi connectivity index (χ1v) is 19.9. The molecule has 3 heterocycles. The number of carbonyl (C=O) groups excluding carboxylic acids is 1. The molecule has 1 amide bonds. The monoisotopic (exact) mass is 680 g/mol. The molecule has 2 aromatic rings. The maximum absolute atomic E-state index is 15.1. The van der Waals surface area contributed by atoms with E-state index in [0.29, 0.717) is 16.7 Å². The third-order valence-electron chi connectivity index (χ3n) is 12.2. The standard InChI is InChI=1S/C38H53FN4O4S/c1-47-37(44)40-36-10-6-9-35(36)38(27-42-19-3-2-4-20-42,30-7-5-8-31(39)23-30)29-17-21-41(22-18-29)24-28-25-43(26-28)32-11-13-33(14-12-32)48(45,46)34-15-16-34/h5,7-8,11-14,23,28-29,34-36H,2-4,6,9-10,15-22,24-27H2,1H3,(H,40,44)/t35-,36-,38?/m0/s1. The third kappa shape index (κ3) is 6.99. The molecule has 1 N–H and O–H groups in total. The second-order valence-electron chi connectivity index (χ2n) is 15.3. The van der Waals surface area contributed by atoms with E-state index in [1.54, 1.807) is 24.3 Å². The van der Waals surface area contributed by atoms with Gasteiger partial charge in [-0.1, -0.05) is 25.0 Å². The van der Waals surface area contributed by atoms with Crippen LogP contribution in [0.3, 0.4) is 0 Å². The summed E-state index contributed by atoms with van der Waals surface area (Å²) in [6.07, 6.45) is 9.97. The summed E-state index contributed by atoms with van der Waals surface area (Å²) in [6, 6.07) is 14.9.